The van der Waals surface area contributed by atoms with Crippen LogP contribution in [-0.4, -0.2) is 23.2 Å². The summed E-state index contributed by atoms with van der Waals surface area (Å²) in [7, 11) is 1.51. The van der Waals surface area contributed by atoms with Gasteiger partial charge in [-0.25, -0.2) is 8.42 Å². The van der Waals surface area contributed by atoms with E-state index < -0.39 is 9.05 Å². The molecule has 108 valence electrons. The van der Waals surface area contributed by atoms with Crippen LogP contribution in [0.4, 0.5) is 0 Å². The smallest absolute Gasteiger partial charge is 0.296 e. The molecule has 5 nitrogen and oxygen atoms in total. The van der Waals surface area contributed by atoms with Crippen molar-refractivity contribution in [2.24, 2.45) is 0 Å². The lowest BCUT2D eigenvalue weighted by molar-refractivity contribution is 0.570. The van der Waals surface area contributed by atoms with Crippen LogP contribution in [-0.2, 0) is 15.6 Å². The van der Waals surface area contributed by atoms with Crippen molar-refractivity contribution in [3.8, 4) is 11.4 Å². The Balaban J connectivity index is 2.65. The molecule has 0 fully saturated rings. The summed E-state index contributed by atoms with van der Waals surface area (Å²) in [5.41, 5.74) is 3.01. The molecule has 0 saturated carbocycles. The molecule has 0 aliphatic heterocycles. The van der Waals surface area contributed by atoms with Crippen molar-refractivity contribution < 1.29 is 8.42 Å². The van der Waals surface area contributed by atoms with Crippen LogP contribution in [0.1, 0.15) is 24.5 Å². The third-order valence-corrected chi connectivity index (χ3v) is 4.01. The molecule has 0 aliphatic carbocycles. The van der Waals surface area contributed by atoms with E-state index in [9.17, 15) is 8.42 Å². The van der Waals surface area contributed by atoms with Crippen molar-refractivity contribution in [3.63, 3.8) is 0 Å². The third kappa shape index (κ3) is 3.02. The van der Waals surface area contributed by atoms with Crippen LogP contribution < -0.4 is 0 Å². The van der Waals surface area contributed by atoms with Crippen molar-refractivity contribution in [1.82, 2.24) is 14.8 Å². The average molecular weight is 314 g/mol. The molecule has 0 atom stereocenters. The Morgan fingerprint density at radius 2 is 1.75 bits per heavy atom. The van der Waals surface area contributed by atoms with Gasteiger partial charge < -0.3 is 0 Å². The summed E-state index contributed by atoms with van der Waals surface area (Å²) in [5.74, 6) is 0.526. The van der Waals surface area contributed by atoms with Gasteiger partial charge in [0.15, 0.2) is 5.82 Å². The van der Waals surface area contributed by atoms with Crippen molar-refractivity contribution in [2.75, 3.05) is 0 Å². The molecular formula is C13H16ClN3O2S. The van der Waals surface area contributed by atoms with Gasteiger partial charge in [0.2, 0.25) is 0 Å². The summed E-state index contributed by atoms with van der Waals surface area (Å²) in [6.07, 6.45) is 0.759. The van der Waals surface area contributed by atoms with Gasteiger partial charge in [0.05, 0.1) is 0 Å². The van der Waals surface area contributed by atoms with Crippen molar-refractivity contribution in [1.29, 1.82) is 0 Å². The first-order valence-electron chi connectivity index (χ1n) is 6.29. The van der Waals surface area contributed by atoms with Gasteiger partial charge in [-0.1, -0.05) is 24.1 Å². The molecule has 0 amide bonds. The number of nitrogens with zero attached hydrogens (tertiary/aromatic N) is 3. The normalized spacial score (nSPS) is 11.8. The number of aromatic nitrogens is 3. The summed E-state index contributed by atoms with van der Waals surface area (Å²) < 4.78 is 24.7. The number of aryl methyl sites for hydroxylation is 2. The van der Waals surface area contributed by atoms with Gasteiger partial charge in [-0.3, -0.25) is 4.57 Å². The second-order valence-electron chi connectivity index (χ2n) is 4.77. The Labute approximate surface area is 123 Å². The first kappa shape index (κ1) is 15.0. The Bertz CT molecular complexity index is 718. The van der Waals surface area contributed by atoms with E-state index in [0.717, 1.165) is 23.1 Å². The highest BCUT2D eigenvalue weighted by atomic mass is 35.7. The fourth-order valence-electron chi connectivity index (χ4n) is 2.21. The van der Waals surface area contributed by atoms with E-state index in [-0.39, 0.29) is 5.16 Å². The molecule has 0 aliphatic rings. The Hall–Kier alpha value is -1.40. The Kier molecular flexibility index (Phi) is 4.15. The lowest BCUT2D eigenvalue weighted by Crippen LogP contribution is -2.07. The van der Waals surface area contributed by atoms with Crippen LogP contribution in [0.15, 0.2) is 23.4 Å². The topological polar surface area (TPSA) is 64.8 Å². The molecule has 1 heterocycles. The number of halogens is 1. The number of benzene rings is 1. The predicted octanol–water partition coefficient (Wildman–Crippen LogP) is 2.90. The monoisotopic (exact) mass is 313 g/mol. The van der Waals surface area contributed by atoms with E-state index in [2.05, 4.69) is 10.2 Å². The number of rotatable bonds is 4. The predicted molar refractivity (Wildman–Crippen MR) is 78.3 cm³/mol. The first-order chi connectivity index (χ1) is 9.32. The Morgan fingerprint density at radius 1 is 1.15 bits per heavy atom. The highest BCUT2D eigenvalue weighted by Gasteiger charge is 2.23. The quantitative estimate of drug-likeness (QED) is 0.814. The lowest BCUT2D eigenvalue weighted by Gasteiger charge is -2.08. The summed E-state index contributed by atoms with van der Waals surface area (Å²) in [5, 5.41) is 7.54. The fraction of sp³-hybridized carbons (Fsp3) is 0.385. The van der Waals surface area contributed by atoms with E-state index in [4.69, 9.17) is 10.7 Å². The molecule has 0 unspecified atom stereocenters. The molecule has 2 aromatic rings. The highest BCUT2D eigenvalue weighted by molar-refractivity contribution is 8.13. The second-order valence-corrected chi connectivity index (χ2v) is 7.23. The summed E-state index contributed by atoms with van der Waals surface area (Å²) in [6, 6.07) is 5.95. The molecule has 20 heavy (non-hydrogen) atoms. The third-order valence-electron chi connectivity index (χ3n) is 2.86. The summed E-state index contributed by atoms with van der Waals surface area (Å²) in [6.45, 7) is 6.42. The van der Waals surface area contributed by atoms with Gasteiger partial charge in [0.25, 0.3) is 14.2 Å². The molecular weight excluding hydrogens is 298 g/mol. The molecule has 7 heteroatoms. The van der Waals surface area contributed by atoms with E-state index in [0.29, 0.717) is 12.4 Å². The van der Waals surface area contributed by atoms with Gasteiger partial charge in [0.1, 0.15) is 0 Å². The molecule has 0 N–H and O–H groups in total. The van der Waals surface area contributed by atoms with E-state index in [1.165, 1.54) is 0 Å². The van der Waals surface area contributed by atoms with Gasteiger partial charge in [0, 0.05) is 22.8 Å². The minimum Gasteiger partial charge on any atom is -0.297 e. The van der Waals surface area contributed by atoms with E-state index in [1.54, 1.807) is 4.57 Å². The van der Waals surface area contributed by atoms with Gasteiger partial charge in [-0.2, -0.15) is 0 Å². The number of hydrogen-bond acceptors (Lipinski definition) is 4. The lowest BCUT2D eigenvalue weighted by atomic mass is 10.1. The zero-order valence-electron chi connectivity index (χ0n) is 11.6. The minimum absolute atomic E-state index is 0.199. The molecule has 1 aromatic heterocycles. The minimum atomic E-state index is -3.90. The number of hydrogen-bond donors (Lipinski definition) is 0. The zero-order valence-corrected chi connectivity index (χ0v) is 13.2. The molecule has 0 saturated heterocycles. The molecule has 0 spiro atoms. The van der Waals surface area contributed by atoms with Crippen LogP contribution in [0, 0.1) is 13.8 Å². The van der Waals surface area contributed by atoms with Gasteiger partial charge in [-0.15, -0.1) is 10.2 Å². The largest absolute Gasteiger partial charge is 0.297 e. The molecule has 0 bridgehead atoms. The fourth-order valence-corrected chi connectivity index (χ4v) is 3.13. The van der Waals surface area contributed by atoms with Gasteiger partial charge >= 0.3 is 0 Å². The average Bonchev–Trinajstić information content (AvgIpc) is 2.71. The molecule has 1 aromatic carbocycles. The zero-order chi connectivity index (χ0) is 14.9. The maximum absolute atomic E-state index is 11.5. The van der Waals surface area contributed by atoms with Gasteiger partial charge in [-0.05, 0) is 32.4 Å². The van der Waals surface area contributed by atoms with Crippen molar-refractivity contribution >= 4 is 19.7 Å². The van der Waals surface area contributed by atoms with Crippen LogP contribution >= 0.6 is 10.7 Å². The maximum atomic E-state index is 11.5. The summed E-state index contributed by atoms with van der Waals surface area (Å²) in [4.78, 5) is 0. The Morgan fingerprint density at radius 3 is 2.25 bits per heavy atom. The highest BCUT2D eigenvalue weighted by Crippen LogP contribution is 2.24. The first-order valence-corrected chi connectivity index (χ1v) is 8.60. The van der Waals surface area contributed by atoms with Crippen molar-refractivity contribution in [2.45, 2.75) is 38.9 Å². The van der Waals surface area contributed by atoms with Crippen LogP contribution in [0.25, 0.3) is 11.4 Å². The van der Waals surface area contributed by atoms with Crippen LogP contribution in [0.5, 0.6) is 0 Å². The van der Waals surface area contributed by atoms with Crippen LogP contribution in [0.2, 0.25) is 0 Å². The molecule has 2 rings (SSSR count). The standard InChI is InChI=1S/C13H16ClN3O2S/c1-4-5-17-12(15-16-13(17)20(14,18)19)11-7-9(2)6-10(3)8-11/h6-8H,4-5H2,1-3H3. The van der Waals surface area contributed by atoms with E-state index >= 15 is 0 Å². The molecule has 0 radical (unpaired) electrons. The van der Waals surface area contributed by atoms with E-state index in [1.807, 2.05) is 39.0 Å². The second kappa shape index (κ2) is 5.54. The van der Waals surface area contributed by atoms with Crippen LogP contribution in [0.3, 0.4) is 0 Å². The maximum Gasteiger partial charge on any atom is 0.296 e. The summed E-state index contributed by atoms with van der Waals surface area (Å²) >= 11 is 0. The van der Waals surface area contributed by atoms with Crippen molar-refractivity contribution in [3.05, 3.63) is 29.3 Å². The SMILES string of the molecule is CCCn1c(-c2cc(C)cc(C)c2)nnc1S(=O)(=O)Cl.